The van der Waals surface area contributed by atoms with Crippen molar-refractivity contribution in [2.45, 2.75) is 12.5 Å². The van der Waals surface area contributed by atoms with Crippen LogP contribution in [0, 0.1) is 0 Å². The summed E-state index contributed by atoms with van der Waals surface area (Å²) in [6, 6.07) is 12.5. The Labute approximate surface area is 123 Å². The van der Waals surface area contributed by atoms with Crippen LogP contribution >= 0.6 is 11.6 Å². The predicted molar refractivity (Wildman–Crippen MR) is 79.7 cm³/mol. The third-order valence-corrected chi connectivity index (χ3v) is 3.54. The average molecular weight is 293 g/mol. The lowest BCUT2D eigenvalue weighted by Gasteiger charge is -2.28. The van der Waals surface area contributed by atoms with Gasteiger partial charge in [0.1, 0.15) is 17.1 Å². The molecular weight excluding hydrogens is 276 g/mol. The van der Waals surface area contributed by atoms with Crippen LogP contribution in [-0.4, -0.2) is 19.3 Å². The van der Waals surface area contributed by atoms with Crippen LogP contribution < -0.4 is 9.47 Å². The minimum absolute atomic E-state index is 0.564. The Morgan fingerprint density at radius 1 is 1.00 bits per heavy atom. The van der Waals surface area contributed by atoms with Crippen molar-refractivity contribution < 1.29 is 14.6 Å². The van der Waals surface area contributed by atoms with Crippen molar-refractivity contribution in [2.24, 2.45) is 0 Å². The van der Waals surface area contributed by atoms with Crippen LogP contribution in [0.4, 0.5) is 0 Å². The molecule has 0 saturated carbocycles. The van der Waals surface area contributed by atoms with E-state index >= 15 is 0 Å². The summed E-state index contributed by atoms with van der Waals surface area (Å²) in [6.07, 6.45) is 0. The largest absolute Gasteiger partial charge is 0.496 e. The van der Waals surface area contributed by atoms with Gasteiger partial charge in [-0.3, -0.25) is 0 Å². The lowest BCUT2D eigenvalue weighted by atomic mass is 9.87. The summed E-state index contributed by atoms with van der Waals surface area (Å²) in [6.45, 7) is 1.69. The first kappa shape index (κ1) is 14.7. The van der Waals surface area contributed by atoms with Gasteiger partial charge in [-0.1, -0.05) is 29.8 Å². The highest BCUT2D eigenvalue weighted by molar-refractivity contribution is 6.30. The summed E-state index contributed by atoms with van der Waals surface area (Å²) < 4.78 is 10.7. The number of hydrogen-bond acceptors (Lipinski definition) is 3. The van der Waals surface area contributed by atoms with Crippen LogP contribution in [0.5, 0.6) is 11.5 Å². The average Bonchev–Trinajstić information content (AvgIpc) is 2.46. The molecule has 20 heavy (non-hydrogen) atoms. The van der Waals surface area contributed by atoms with Crippen LogP contribution in [0.15, 0.2) is 42.5 Å². The zero-order chi connectivity index (χ0) is 14.8. The second-order valence-electron chi connectivity index (χ2n) is 4.62. The lowest BCUT2D eigenvalue weighted by Crippen LogP contribution is -2.24. The van der Waals surface area contributed by atoms with Crippen molar-refractivity contribution in [3.63, 3.8) is 0 Å². The fraction of sp³-hybridized carbons (Fsp3) is 0.250. The van der Waals surface area contributed by atoms with Gasteiger partial charge in [0.2, 0.25) is 0 Å². The van der Waals surface area contributed by atoms with E-state index in [1.165, 1.54) is 0 Å². The molecule has 1 unspecified atom stereocenters. The van der Waals surface area contributed by atoms with E-state index in [-0.39, 0.29) is 0 Å². The molecule has 0 amide bonds. The van der Waals surface area contributed by atoms with Gasteiger partial charge < -0.3 is 14.6 Å². The van der Waals surface area contributed by atoms with Crippen molar-refractivity contribution in [3.05, 3.63) is 58.6 Å². The van der Waals surface area contributed by atoms with Gasteiger partial charge in [0.25, 0.3) is 0 Å². The molecule has 0 saturated heterocycles. The summed E-state index contributed by atoms with van der Waals surface area (Å²) in [5.41, 5.74) is -0.0249. The number of rotatable bonds is 4. The topological polar surface area (TPSA) is 38.7 Å². The molecule has 2 aromatic rings. The molecule has 0 aliphatic rings. The third kappa shape index (κ3) is 2.60. The Bertz CT molecular complexity index is 586. The lowest BCUT2D eigenvalue weighted by molar-refractivity contribution is 0.0956. The van der Waals surface area contributed by atoms with Gasteiger partial charge in [0.05, 0.1) is 19.8 Å². The van der Waals surface area contributed by atoms with Gasteiger partial charge in [0, 0.05) is 5.02 Å². The monoisotopic (exact) mass is 292 g/mol. The zero-order valence-electron chi connectivity index (χ0n) is 11.7. The van der Waals surface area contributed by atoms with Crippen LogP contribution in [0.25, 0.3) is 0 Å². The molecule has 0 aromatic heterocycles. The Balaban J connectivity index is 2.64. The van der Waals surface area contributed by atoms with E-state index in [1.807, 2.05) is 12.1 Å². The van der Waals surface area contributed by atoms with Crippen LogP contribution in [0.1, 0.15) is 18.1 Å². The highest BCUT2D eigenvalue weighted by atomic mass is 35.5. The standard InChI is InChI=1S/C16H17ClO3/c1-16(18,11-6-4-7-12(17)10-11)15-13(19-2)8-5-9-14(15)20-3/h4-10,18H,1-3H3. The van der Waals surface area contributed by atoms with Gasteiger partial charge in [-0.05, 0) is 36.8 Å². The molecule has 0 spiro atoms. The van der Waals surface area contributed by atoms with E-state index in [0.717, 1.165) is 0 Å². The SMILES string of the molecule is COc1cccc(OC)c1C(C)(O)c1cccc(Cl)c1. The molecule has 2 rings (SSSR count). The van der Waals surface area contributed by atoms with E-state index in [0.29, 0.717) is 27.6 Å². The van der Waals surface area contributed by atoms with Gasteiger partial charge in [-0.15, -0.1) is 0 Å². The highest BCUT2D eigenvalue weighted by Crippen LogP contribution is 2.41. The van der Waals surface area contributed by atoms with Gasteiger partial charge in [-0.2, -0.15) is 0 Å². The number of ether oxygens (including phenoxy) is 2. The quantitative estimate of drug-likeness (QED) is 0.935. The zero-order valence-corrected chi connectivity index (χ0v) is 12.4. The molecule has 0 bridgehead atoms. The number of aliphatic hydroxyl groups is 1. The number of methoxy groups -OCH3 is 2. The van der Waals surface area contributed by atoms with E-state index < -0.39 is 5.60 Å². The maximum absolute atomic E-state index is 11.0. The smallest absolute Gasteiger partial charge is 0.129 e. The van der Waals surface area contributed by atoms with E-state index in [4.69, 9.17) is 21.1 Å². The minimum Gasteiger partial charge on any atom is -0.496 e. The number of hydrogen-bond donors (Lipinski definition) is 1. The normalized spacial score (nSPS) is 13.7. The molecule has 0 heterocycles. The fourth-order valence-corrected chi connectivity index (χ4v) is 2.46. The maximum Gasteiger partial charge on any atom is 0.129 e. The van der Waals surface area contributed by atoms with Crippen molar-refractivity contribution in [1.82, 2.24) is 0 Å². The Hall–Kier alpha value is -1.71. The first-order chi connectivity index (χ1) is 9.50. The van der Waals surface area contributed by atoms with Gasteiger partial charge in [-0.25, -0.2) is 0 Å². The molecule has 4 heteroatoms. The molecule has 0 aliphatic heterocycles. The first-order valence-electron chi connectivity index (χ1n) is 6.20. The van der Waals surface area contributed by atoms with E-state index in [1.54, 1.807) is 51.5 Å². The Kier molecular flexibility index (Phi) is 4.21. The summed E-state index contributed by atoms with van der Waals surface area (Å²) in [5, 5.41) is 11.6. The maximum atomic E-state index is 11.0. The van der Waals surface area contributed by atoms with Gasteiger partial charge in [0.15, 0.2) is 0 Å². The highest BCUT2D eigenvalue weighted by Gasteiger charge is 2.32. The molecule has 1 atom stereocenters. The van der Waals surface area contributed by atoms with Crippen molar-refractivity contribution in [1.29, 1.82) is 0 Å². The van der Waals surface area contributed by atoms with E-state index in [9.17, 15) is 5.11 Å². The first-order valence-corrected chi connectivity index (χ1v) is 6.58. The summed E-state index contributed by atoms with van der Waals surface area (Å²) in [7, 11) is 3.12. The summed E-state index contributed by atoms with van der Waals surface area (Å²) in [5.74, 6) is 1.13. The number of halogens is 1. The molecule has 106 valence electrons. The molecule has 0 fully saturated rings. The summed E-state index contributed by atoms with van der Waals surface area (Å²) in [4.78, 5) is 0. The van der Waals surface area contributed by atoms with Crippen LogP contribution in [0.3, 0.4) is 0 Å². The second-order valence-corrected chi connectivity index (χ2v) is 5.06. The number of benzene rings is 2. The summed E-state index contributed by atoms with van der Waals surface area (Å²) >= 11 is 6.01. The van der Waals surface area contributed by atoms with E-state index in [2.05, 4.69) is 0 Å². The predicted octanol–water partition coefficient (Wildman–Crippen LogP) is 3.61. The second kappa shape index (κ2) is 5.73. The molecular formula is C16H17ClO3. The molecule has 2 aromatic carbocycles. The Morgan fingerprint density at radius 2 is 1.55 bits per heavy atom. The van der Waals surface area contributed by atoms with Crippen molar-refractivity contribution in [2.75, 3.05) is 14.2 Å². The molecule has 0 radical (unpaired) electrons. The van der Waals surface area contributed by atoms with Crippen LogP contribution in [-0.2, 0) is 5.60 Å². The van der Waals surface area contributed by atoms with Crippen LogP contribution in [0.2, 0.25) is 5.02 Å². The van der Waals surface area contributed by atoms with Gasteiger partial charge >= 0.3 is 0 Å². The minimum atomic E-state index is -1.27. The molecule has 0 aliphatic carbocycles. The molecule has 1 N–H and O–H groups in total. The van der Waals surface area contributed by atoms with Crippen molar-refractivity contribution >= 4 is 11.6 Å². The fourth-order valence-electron chi connectivity index (χ4n) is 2.27. The Morgan fingerprint density at radius 3 is 2.05 bits per heavy atom. The van der Waals surface area contributed by atoms with Crippen molar-refractivity contribution in [3.8, 4) is 11.5 Å². The third-order valence-electron chi connectivity index (χ3n) is 3.30. The molecule has 3 nitrogen and oxygen atoms in total.